The van der Waals surface area contributed by atoms with Crippen LogP contribution in [-0.2, 0) is 19.7 Å². The number of benzene rings is 1. The summed E-state index contributed by atoms with van der Waals surface area (Å²) in [4.78, 5) is -0.0229. The average Bonchev–Trinajstić information content (AvgIpc) is 2.93. The molecule has 8 heteroatoms. The van der Waals surface area contributed by atoms with E-state index in [0.29, 0.717) is 6.54 Å². The smallest absolute Gasteiger partial charge is 0.183 e. The molecule has 27 heavy (non-hydrogen) atoms. The molecule has 0 radical (unpaired) electrons. The summed E-state index contributed by atoms with van der Waals surface area (Å²) in [6.45, 7) is 2.05. The van der Waals surface area contributed by atoms with Gasteiger partial charge < -0.3 is 5.32 Å². The van der Waals surface area contributed by atoms with Crippen molar-refractivity contribution >= 4 is 19.7 Å². The van der Waals surface area contributed by atoms with E-state index in [1.807, 2.05) is 0 Å². The number of hydrogen-bond acceptors (Lipinski definition) is 5. The lowest BCUT2D eigenvalue weighted by Gasteiger charge is -2.21. The number of sulfone groups is 2. The summed E-state index contributed by atoms with van der Waals surface area (Å²) in [5.41, 5.74) is 1.58. The van der Waals surface area contributed by atoms with E-state index in [9.17, 15) is 21.2 Å². The molecule has 0 spiro atoms. The third-order valence-electron chi connectivity index (χ3n) is 5.39. The summed E-state index contributed by atoms with van der Waals surface area (Å²) in [6.07, 6.45) is 7.54. The first-order valence-electron chi connectivity index (χ1n) is 9.31. The fourth-order valence-electron chi connectivity index (χ4n) is 3.83. The van der Waals surface area contributed by atoms with Crippen LogP contribution in [0.15, 0.2) is 34.7 Å². The number of rotatable bonds is 6. The van der Waals surface area contributed by atoms with Gasteiger partial charge in [-0.1, -0.05) is 11.6 Å². The molecule has 0 unspecified atom stereocenters. The van der Waals surface area contributed by atoms with Gasteiger partial charge in [0.25, 0.3) is 0 Å². The summed E-state index contributed by atoms with van der Waals surface area (Å²) >= 11 is 0. The first kappa shape index (κ1) is 20.5. The molecular weight excluding hydrogens is 389 g/mol. The minimum atomic E-state index is -3.88. The van der Waals surface area contributed by atoms with E-state index in [-0.39, 0.29) is 16.2 Å². The maximum Gasteiger partial charge on any atom is 0.183 e. The van der Waals surface area contributed by atoms with Gasteiger partial charge in [0.15, 0.2) is 19.7 Å². The van der Waals surface area contributed by atoms with Gasteiger partial charge >= 0.3 is 0 Å². The Kier molecular flexibility index (Phi) is 6.08. The van der Waals surface area contributed by atoms with Crippen molar-refractivity contribution in [2.45, 2.75) is 55.2 Å². The minimum Gasteiger partial charge on any atom is -0.311 e. The largest absolute Gasteiger partial charge is 0.311 e. The van der Waals surface area contributed by atoms with Gasteiger partial charge in [0, 0.05) is 6.04 Å². The molecule has 2 aliphatic rings. The van der Waals surface area contributed by atoms with E-state index in [0.717, 1.165) is 25.3 Å². The zero-order valence-electron chi connectivity index (χ0n) is 15.4. The number of allylic oxidation sites excluding steroid dienone is 1. The Labute approximate surface area is 160 Å². The summed E-state index contributed by atoms with van der Waals surface area (Å²) in [5.74, 6) is -1.06. The normalized spacial score (nSPS) is 25.3. The van der Waals surface area contributed by atoms with Crippen molar-refractivity contribution in [1.29, 1.82) is 0 Å². The van der Waals surface area contributed by atoms with E-state index in [4.69, 9.17) is 0 Å². The maximum atomic E-state index is 13.5. The van der Waals surface area contributed by atoms with Crippen LogP contribution in [0, 0.1) is 12.7 Å². The highest BCUT2D eigenvalue weighted by molar-refractivity contribution is 7.96. The van der Waals surface area contributed by atoms with Crippen molar-refractivity contribution in [2.75, 3.05) is 18.1 Å². The highest BCUT2D eigenvalue weighted by Crippen LogP contribution is 2.27. The molecule has 1 aromatic carbocycles. The molecule has 5 nitrogen and oxygen atoms in total. The van der Waals surface area contributed by atoms with Crippen LogP contribution in [-0.4, -0.2) is 46.2 Å². The van der Waals surface area contributed by atoms with Crippen LogP contribution in [0.4, 0.5) is 4.39 Å². The molecular formula is C19H26FNO4S2. The molecule has 1 aromatic rings. The molecule has 1 aliphatic carbocycles. The first-order valence-corrected chi connectivity index (χ1v) is 12.7. The number of aryl methyl sites for hydroxylation is 1. The molecule has 1 aliphatic heterocycles. The van der Waals surface area contributed by atoms with Gasteiger partial charge in [-0.05, 0) is 69.3 Å². The van der Waals surface area contributed by atoms with Crippen molar-refractivity contribution in [3.63, 3.8) is 0 Å². The van der Waals surface area contributed by atoms with Crippen LogP contribution in [0.3, 0.4) is 0 Å². The van der Waals surface area contributed by atoms with Gasteiger partial charge in [0.05, 0.1) is 21.7 Å². The third-order valence-corrected chi connectivity index (χ3v) is 9.54. The second-order valence-electron chi connectivity index (χ2n) is 7.49. The molecule has 1 saturated heterocycles. The van der Waals surface area contributed by atoms with Crippen LogP contribution in [0.1, 0.15) is 37.7 Å². The Hall–Kier alpha value is -1.25. The van der Waals surface area contributed by atoms with E-state index < -0.39 is 42.5 Å². The first-order chi connectivity index (χ1) is 12.7. The second-order valence-corrected chi connectivity index (χ2v) is 11.8. The van der Waals surface area contributed by atoms with Gasteiger partial charge in [-0.2, -0.15) is 0 Å². The fourth-order valence-corrected chi connectivity index (χ4v) is 8.63. The Morgan fingerprint density at radius 1 is 1.22 bits per heavy atom. The average molecular weight is 416 g/mol. The Bertz CT molecular complexity index is 938. The van der Waals surface area contributed by atoms with Gasteiger partial charge in [-0.25, -0.2) is 21.2 Å². The van der Waals surface area contributed by atoms with Crippen molar-refractivity contribution in [2.24, 2.45) is 0 Å². The van der Waals surface area contributed by atoms with Crippen LogP contribution in [0.2, 0.25) is 0 Å². The lowest BCUT2D eigenvalue weighted by molar-refractivity contribution is 0.523. The number of hydrogen-bond donors (Lipinski definition) is 1. The zero-order valence-corrected chi connectivity index (χ0v) is 17.1. The summed E-state index contributed by atoms with van der Waals surface area (Å²) in [7, 11) is -7.32. The number of nitrogens with one attached hydrogen (secondary N) is 1. The molecule has 1 fully saturated rings. The van der Waals surface area contributed by atoms with Crippen molar-refractivity contribution in [3.8, 4) is 0 Å². The quantitative estimate of drug-likeness (QED) is 0.571. The molecule has 0 amide bonds. The SMILES string of the molecule is Cc1cc(S(=O)(=O)[C@H]2CS(=O)(=O)C[C@@H]2NCCC2=CCCCC2)ccc1F. The number of halogens is 1. The van der Waals surface area contributed by atoms with Crippen molar-refractivity contribution < 1.29 is 21.2 Å². The Morgan fingerprint density at radius 2 is 2.00 bits per heavy atom. The molecule has 2 atom stereocenters. The fraction of sp³-hybridized carbons (Fsp3) is 0.579. The predicted octanol–water partition coefficient (Wildman–Crippen LogP) is 2.55. The van der Waals surface area contributed by atoms with E-state index in [1.54, 1.807) is 0 Å². The van der Waals surface area contributed by atoms with Gasteiger partial charge in [-0.15, -0.1) is 0 Å². The minimum absolute atomic E-state index is 0.0229. The van der Waals surface area contributed by atoms with Gasteiger partial charge in [0.1, 0.15) is 5.82 Å². The van der Waals surface area contributed by atoms with Crippen molar-refractivity contribution in [1.82, 2.24) is 5.32 Å². The zero-order chi connectivity index (χ0) is 19.7. The summed E-state index contributed by atoms with van der Waals surface area (Å²) in [6, 6.07) is 2.96. The van der Waals surface area contributed by atoms with E-state index in [1.165, 1.54) is 37.5 Å². The molecule has 0 bridgehead atoms. The molecule has 0 aromatic heterocycles. The Balaban J connectivity index is 1.76. The lowest BCUT2D eigenvalue weighted by Crippen LogP contribution is -2.43. The second kappa shape index (κ2) is 8.01. The van der Waals surface area contributed by atoms with Gasteiger partial charge in [-0.3, -0.25) is 0 Å². The predicted molar refractivity (Wildman–Crippen MR) is 104 cm³/mol. The third kappa shape index (κ3) is 4.78. The molecule has 1 N–H and O–H groups in total. The van der Waals surface area contributed by atoms with E-state index >= 15 is 0 Å². The summed E-state index contributed by atoms with van der Waals surface area (Å²) < 4.78 is 63.8. The standard InChI is InChI=1S/C19H26FNO4S2/c1-14-11-16(7-8-17(14)20)27(24,25)19-13-26(22,23)12-18(19)21-10-9-15-5-3-2-4-6-15/h5,7-8,11,18-19,21H,2-4,6,9-10,12-13H2,1H3/t18-,19-/m0/s1. The molecule has 0 saturated carbocycles. The monoisotopic (exact) mass is 415 g/mol. The van der Waals surface area contributed by atoms with E-state index in [2.05, 4.69) is 11.4 Å². The highest BCUT2D eigenvalue weighted by Gasteiger charge is 2.45. The summed E-state index contributed by atoms with van der Waals surface area (Å²) in [5, 5.41) is 2.11. The van der Waals surface area contributed by atoms with Crippen LogP contribution in [0.25, 0.3) is 0 Å². The van der Waals surface area contributed by atoms with Crippen LogP contribution in [0.5, 0.6) is 0 Å². The Morgan fingerprint density at radius 3 is 2.67 bits per heavy atom. The van der Waals surface area contributed by atoms with Crippen LogP contribution >= 0.6 is 0 Å². The molecule has 1 heterocycles. The topological polar surface area (TPSA) is 80.3 Å². The van der Waals surface area contributed by atoms with Crippen LogP contribution < -0.4 is 5.32 Å². The van der Waals surface area contributed by atoms with Crippen molar-refractivity contribution in [3.05, 3.63) is 41.2 Å². The molecule has 150 valence electrons. The van der Waals surface area contributed by atoms with Gasteiger partial charge in [0.2, 0.25) is 0 Å². The highest BCUT2D eigenvalue weighted by atomic mass is 32.2. The molecule has 3 rings (SSSR count). The maximum absolute atomic E-state index is 13.5. The lowest BCUT2D eigenvalue weighted by atomic mass is 9.97.